The maximum absolute atomic E-state index is 11.6. The highest BCUT2D eigenvalue weighted by Crippen LogP contribution is 2.04. The largest absolute Gasteiger partial charge is 0.481 e. The highest BCUT2D eigenvalue weighted by Gasteiger charge is 2.13. The van der Waals surface area contributed by atoms with Gasteiger partial charge in [-0.3, -0.25) is 9.69 Å². The summed E-state index contributed by atoms with van der Waals surface area (Å²) in [5.41, 5.74) is 0. The van der Waals surface area contributed by atoms with Gasteiger partial charge in [0, 0.05) is 38.1 Å². The molecule has 1 unspecified atom stereocenters. The number of hydrogen-bond donors (Lipinski definition) is 3. The van der Waals surface area contributed by atoms with E-state index < -0.39 is 5.97 Å². The second kappa shape index (κ2) is 10.4. The lowest BCUT2D eigenvalue weighted by molar-refractivity contribution is -0.137. The third-order valence-electron chi connectivity index (χ3n) is 3.44. The number of urea groups is 1. The number of carboxylic acid groups (broad SMARTS) is 1. The van der Waals surface area contributed by atoms with Crippen LogP contribution in [0, 0.1) is 5.92 Å². The molecule has 1 atom stereocenters. The Hall–Kier alpha value is -1.30. The standard InChI is InChI=1S/C15H31N3O3/c1-11(2)18(12(3)4)9-8-16-15(21)17-10-13(5)6-7-14(19)20/h11-13H,6-10H2,1-5H3,(H,19,20)(H2,16,17,21). The van der Waals surface area contributed by atoms with E-state index in [9.17, 15) is 9.59 Å². The van der Waals surface area contributed by atoms with Crippen molar-refractivity contribution >= 4 is 12.0 Å². The first-order valence-corrected chi connectivity index (χ1v) is 7.73. The number of amides is 2. The molecule has 0 aromatic heterocycles. The summed E-state index contributed by atoms with van der Waals surface area (Å²) in [4.78, 5) is 24.4. The van der Waals surface area contributed by atoms with Gasteiger partial charge in [-0.05, 0) is 40.0 Å². The van der Waals surface area contributed by atoms with Gasteiger partial charge in [0.25, 0.3) is 0 Å². The molecule has 0 rings (SSSR count). The lowest BCUT2D eigenvalue weighted by Gasteiger charge is -2.30. The molecule has 0 spiro atoms. The van der Waals surface area contributed by atoms with Gasteiger partial charge in [-0.25, -0.2) is 4.79 Å². The van der Waals surface area contributed by atoms with Gasteiger partial charge in [0.15, 0.2) is 0 Å². The summed E-state index contributed by atoms with van der Waals surface area (Å²) in [6.07, 6.45) is 0.715. The van der Waals surface area contributed by atoms with Crippen molar-refractivity contribution in [2.24, 2.45) is 5.92 Å². The van der Waals surface area contributed by atoms with Gasteiger partial charge in [0.2, 0.25) is 0 Å². The minimum Gasteiger partial charge on any atom is -0.481 e. The van der Waals surface area contributed by atoms with Crippen molar-refractivity contribution in [1.29, 1.82) is 0 Å². The SMILES string of the molecule is CC(CCC(=O)O)CNC(=O)NCCN(C(C)C)C(C)C. The molecule has 0 fully saturated rings. The van der Waals surface area contributed by atoms with Crippen LogP contribution in [-0.2, 0) is 4.79 Å². The lowest BCUT2D eigenvalue weighted by atomic mass is 10.1. The Bertz CT molecular complexity index is 311. The Morgan fingerprint density at radius 3 is 2.10 bits per heavy atom. The van der Waals surface area contributed by atoms with Crippen LogP contribution < -0.4 is 10.6 Å². The topological polar surface area (TPSA) is 81.7 Å². The van der Waals surface area contributed by atoms with Crippen molar-refractivity contribution in [2.75, 3.05) is 19.6 Å². The van der Waals surface area contributed by atoms with Gasteiger partial charge >= 0.3 is 12.0 Å². The highest BCUT2D eigenvalue weighted by atomic mass is 16.4. The fourth-order valence-corrected chi connectivity index (χ4v) is 2.21. The Morgan fingerprint density at radius 1 is 1.05 bits per heavy atom. The first-order valence-electron chi connectivity index (χ1n) is 7.73. The molecular weight excluding hydrogens is 270 g/mol. The zero-order valence-electron chi connectivity index (χ0n) is 14.0. The fourth-order valence-electron chi connectivity index (χ4n) is 2.21. The zero-order valence-corrected chi connectivity index (χ0v) is 14.0. The van der Waals surface area contributed by atoms with Crippen LogP contribution in [0.15, 0.2) is 0 Å². The number of rotatable bonds is 10. The van der Waals surface area contributed by atoms with E-state index >= 15 is 0 Å². The van der Waals surface area contributed by atoms with Crippen LogP contribution >= 0.6 is 0 Å². The number of aliphatic carboxylic acids is 1. The Kier molecular flexibility index (Phi) is 9.78. The molecule has 0 aromatic rings. The van der Waals surface area contributed by atoms with E-state index in [0.717, 1.165) is 6.54 Å². The van der Waals surface area contributed by atoms with Crippen LogP contribution in [0.25, 0.3) is 0 Å². The van der Waals surface area contributed by atoms with Crippen molar-refractivity contribution in [3.8, 4) is 0 Å². The van der Waals surface area contributed by atoms with Crippen molar-refractivity contribution in [1.82, 2.24) is 15.5 Å². The molecule has 6 nitrogen and oxygen atoms in total. The minimum absolute atomic E-state index is 0.141. The second-order valence-corrected chi connectivity index (χ2v) is 6.10. The number of carboxylic acids is 1. The number of hydrogen-bond acceptors (Lipinski definition) is 3. The van der Waals surface area contributed by atoms with E-state index in [2.05, 4.69) is 43.2 Å². The second-order valence-electron chi connectivity index (χ2n) is 6.10. The predicted molar refractivity (Wildman–Crippen MR) is 84.4 cm³/mol. The maximum atomic E-state index is 11.6. The van der Waals surface area contributed by atoms with Gasteiger partial charge in [-0.15, -0.1) is 0 Å². The van der Waals surface area contributed by atoms with E-state index in [4.69, 9.17) is 5.11 Å². The summed E-state index contributed by atoms with van der Waals surface area (Å²) in [6.45, 7) is 12.4. The summed E-state index contributed by atoms with van der Waals surface area (Å²) in [7, 11) is 0. The van der Waals surface area contributed by atoms with Crippen molar-refractivity contribution < 1.29 is 14.7 Å². The highest BCUT2D eigenvalue weighted by molar-refractivity contribution is 5.73. The van der Waals surface area contributed by atoms with Crippen LogP contribution in [0.3, 0.4) is 0 Å². The average Bonchev–Trinajstić information content (AvgIpc) is 2.37. The quantitative estimate of drug-likeness (QED) is 0.575. The van der Waals surface area contributed by atoms with Gasteiger partial charge < -0.3 is 15.7 Å². The Balaban J connectivity index is 3.82. The number of nitrogens with zero attached hydrogens (tertiary/aromatic N) is 1. The third kappa shape index (κ3) is 10.1. The molecule has 0 aliphatic carbocycles. The number of carbonyl (C=O) groups is 2. The number of carbonyl (C=O) groups excluding carboxylic acids is 1. The van der Waals surface area contributed by atoms with E-state index in [0.29, 0.717) is 31.6 Å². The van der Waals surface area contributed by atoms with E-state index in [1.54, 1.807) is 0 Å². The van der Waals surface area contributed by atoms with Gasteiger partial charge in [-0.1, -0.05) is 6.92 Å². The molecule has 21 heavy (non-hydrogen) atoms. The molecular formula is C15H31N3O3. The van der Waals surface area contributed by atoms with Crippen LogP contribution in [-0.4, -0.2) is 53.7 Å². The predicted octanol–water partition coefficient (Wildman–Crippen LogP) is 1.91. The monoisotopic (exact) mass is 301 g/mol. The first-order chi connectivity index (χ1) is 9.73. The van der Waals surface area contributed by atoms with Gasteiger partial charge in [0.05, 0.1) is 0 Å². The van der Waals surface area contributed by atoms with Crippen LogP contribution in [0.2, 0.25) is 0 Å². The molecule has 0 saturated carbocycles. The molecule has 0 aromatic carbocycles. The van der Waals surface area contributed by atoms with Gasteiger partial charge in [0.1, 0.15) is 0 Å². The summed E-state index contributed by atoms with van der Waals surface area (Å²) < 4.78 is 0. The van der Waals surface area contributed by atoms with Crippen molar-refractivity contribution in [3.05, 3.63) is 0 Å². The lowest BCUT2D eigenvalue weighted by Crippen LogP contribution is -2.45. The normalized spacial score (nSPS) is 12.8. The van der Waals surface area contributed by atoms with Crippen molar-refractivity contribution in [3.63, 3.8) is 0 Å². The smallest absolute Gasteiger partial charge is 0.314 e. The fraction of sp³-hybridized carbons (Fsp3) is 0.867. The molecule has 0 aliphatic heterocycles. The van der Waals surface area contributed by atoms with Crippen LogP contribution in [0.5, 0.6) is 0 Å². The molecule has 6 heteroatoms. The Morgan fingerprint density at radius 2 is 1.62 bits per heavy atom. The zero-order chi connectivity index (χ0) is 16.4. The molecule has 3 N–H and O–H groups in total. The molecule has 0 heterocycles. The molecule has 0 aliphatic rings. The minimum atomic E-state index is -0.797. The summed E-state index contributed by atoms with van der Waals surface area (Å²) in [6, 6.07) is 0.710. The Labute approximate surface area is 128 Å². The van der Waals surface area contributed by atoms with Gasteiger partial charge in [-0.2, -0.15) is 0 Å². The average molecular weight is 301 g/mol. The molecule has 0 saturated heterocycles. The molecule has 124 valence electrons. The summed E-state index contributed by atoms with van der Waals surface area (Å²) in [5.74, 6) is -0.636. The third-order valence-corrected chi connectivity index (χ3v) is 3.44. The van der Waals surface area contributed by atoms with Crippen LogP contribution in [0.1, 0.15) is 47.5 Å². The van der Waals surface area contributed by atoms with E-state index in [1.165, 1.54) is 0 Å². The van der Waals surface area contributed by atoms with E-state index in [1.807, 2.05) is 6.92 Å². The molecule has 2 amide bonds. The summed E-state index contributed by atoms with van der Waals surface area (Å²) in [5, 5.41) is 14.2. The maximum Gasteiger partial charge on any atom is 0.314 e. The summed E-state index contributed by atoms with van der Waals surface area (Å²) >= 11 is 0. The molecule has 0 radical (unpaired) electrons. The van der Waals surface area contributed by atoms with Crippen LogP contribution in [0.4, 0.5) is 4.79 Å². The van der Waals surface area contributed by atoms with E-state index in [-0.39, 0.29) is 18.4 Å². The molecule has 0 bridgehead atoms. The first kappa shape index (κ1) is 19.7. The number of nitrogens with one attached hydrogen (secondary N) is 2. The van der Waals surface area contributed by atoms with Crippen molar-refractivity contribution in [2.45, 2.75) is 59.5 Å².